The van der Waals surface area contributed by atoms with E-state index in [1.807, 2.05) is 5.32 Å². The van der Waals surface area contributed by atoms with Gasteiger partial charge in [0.05, 0.1) is 51.2 Å². The maximum absolute atomic E-state index is 13.0. The first-order valence-corrected chi connectivity index (χ1v) is 19.1. The minimum absolute atomic E-state index is 0.0285. The lowest BCUT2D eigenvalue weighted by Gasteiger charge is -2.26. The average molecular weight is 835 g/mol. The normalized spacial score (nSPS) is 20.6. The van der Waals surface area contributed by atoms with Crippen molar-refractivity contribution in [3.8, 4) is 0 Å². The van der Waals surface area contributed by atoms with Gasteiger partial charge in [-0.05, 0) is 26.7 Å². The summed E-state index contributed by atoms with van der Waals surface area (Å²) in [5, 5.41) is 72.4. The van der Waals surface area contributed by atoms with Gasteiger partial charge in [-0.1, -0.05) is 6.42 Å². The molecule has 2 rings (SSSR count). The minimum Gasteiger partial charge on any atom is -0.394 e. The molecule has 10 amide bonds. The highest BCUT2D eigenvalue weighted by Gasteiger charge is 2.42. The lowest BCUT2D eigenvalue weighted by Crippen LogP contribution is -2.62. The third-order valence-corrected chi connectivity index (χ3v) is 10.4. The Morgan fingerprint density at radius 2 is 1.21 bits per heavy atom. The van der Waals surface area contributed by atoms with E-state index in [-0.39, 0.29) is 29.8 Å². The Hall–Kier alpha value is -4.82. The average Bonchev–Trinajstić information content (AvgIpc) is 3.74. The van der Waals surface area contributed by atoms with Crippen molar-refractivity contribution >= 4 is 65.1 Å². The molecule has 0 aliphatic carbocycles. The van der Waals surface area contributed by atoms with Crippen LogP contribution in [0.5, 0.6) is 0 Å². The quantitative estimate of drug-likeness (QED) is 0.0317. The van der Waals surface area contributed by atoms with Crippen LogP contribution >= 0.6 is 11.8 Å². The van der Waals surface area contributed by atoms with Gasteiger partial charge in [-0.2, -0.15) is 11.8 Å². The molecule has 0 radical (unpaired) electrons. The van der Waals surface area contributed by atoms with Gasteiger partial charge in [0, 0.05) is 24.5 Å². The number of aliphatic hydroxyl groups is 5. The first kappa shape index (κ1) is 48.3. The van der Waals surface area contributed by atoms with Gasteiger partial charge >= 0.3 is 6.03 Å². The third kappa shape index (κ3) is 15.2. The van der Waals surface area contributed by atoms with E-state index in [0.717, 1.165) is 19.1 Å². The fourth-order valence-corrected chi connectivity index (χ4v) is 7.11. The van der Waals surface area contributed by atoms with Gasteiger partial charge < -0.3 is 78.7 Å². The molecule has 322 valence electrons. The number of amides is 10. The molecule has 2 aliphatic heterocycles. The Labute approximate surface area is 331 Å². The maximum Gasteiger partial charge on any atom is 0.315 e. The Morgan fingerprint density at radius 1 is 0.684 bits per heavy atom. The zero-order chi connectivity index (χ0) is 42.8. The standard InChI is InChI=1S/C32H54N10O14S/c1-14(35-28(52)17(10-44)36-22(48)7-5-4-6-21-25-20(13-57-21)40-32(56)42-25)26(50)41-24(15(2)47)31(55)39-19(12-46)30(54)38-18(11-45)29(53)37-16(9-43)27(51)34-8-23(49)33-3/h14-21,24-25,43-47H,4-13H2,1-3H3,(H,33,49)(H,34,51)(H,35,52)(H,36,48)(H,37,53)(H,38,54)(H,39,55)(H,41,50)(H2,40,42,56). The summed E-state index contributed by atoms with van der Waals surface area (Å²) in [5.41, 5.74) is 0. The maximum atomic E-state index is 13.0. The Morgan fingerprint density at radius 3 is 1.75 bits per heavy atom. The SMILES string of the molecule is CNC(=O)CNC(=O)C(CO)NC(=O)C(CO)NC(=O)C(CO)NC(=O)C(NC(=O)C(C)NC(=O)C(CO)NC(=O)CCCCC1SCC2NC(=O)NC21)C(C)O. The van der Waals surface area contributed by atoms with Crippen LogP contribution in [0.4, 0.5) is 4.79 Å². The van der Waals surface area contributed by atoms with Crippen molar-refractivity contribution in [2.75, 3.05) is 45.8 Å². The Kier molecular flexibility index (Phi) is 20.4. The molecule has 0 saturated carbocycles. The van der Waals surface area contributed by atoms with E-state index in [1.165, 1.54) is 14.0 Å². The van der Waals surface area contributed by atoms with Crippen LogP contribution in [0.1, 0.15) is 39.5 Å². The largest absolute Gasteiger partial charge is 0.394 e. The Bertz CT molecular complexity index is 1460. The molecule has 0 aromatic carbocycles. The molecule has 2 aliphatic rings. The molecule has 10 unspecified atom stereocenters. The second kappa shape index (κ2) is 24.1. The van der Waals surface area contributed by atoms with Crippen LogP contribution in [0.15, 0.2) is 0 Å². The van der Waals surface area contributed by atoms with Gasteiger partial charge in [-0.3, -0.25) is 38.4 Å². The molecule has 57 heavy (non-hydrogen) atoms. The van der Waals surface area contributed by atoms with Crippen LogP contribution in [-0.4, -0.2) is 184 Å². The Balaban J connectivity index is 1.87. The summed E-state index contributed by atoms with van der Waals surface area (Å²) in [5.74, 6) is -6.78. The number of hydrogen-bond acceptors (Lipinski definition) is 15. The van der Waals surface area contributed by atoms with Crippen LogP contribution < -0.4 is 53.2 Å². The molecule has 10 atom stereocenters. The van der Waals surface area contributed by atoms with Gasteiger partial charge in [0.25, 0.3) is 0 Å². The number of likely N-dealkylation sites (N-methyl/N-ethyl adjacent to an activating group) is 1. The summed E-state index contributed by atoms with van der Waals surface area (Å²) in [6.07, 6.45) is 0.361. The highest BCUT2D eigenvalue weighted by molar-refractivity contribution is 8.00. The summed E-state index contributed by atoms with van der Waals surface area (Å²) in [7, 11) is 1.31. The molecule has 0 aromatic heterocycles. The topological polar surface area (TPSA) is 375 Å². The van der Waals surface area contributed by atoms with Gasteiger partial charge in [0.15, 0.2) is 0 Å². The van der Waals surface area contributed by atoms with Gasteiger partial charge in [-0.25, -0.2) is 4.79 Å². The van der Waals surface area contributed by atoms with E-state index in [9.17, 15) is 68.7 Å². The van der Waals surface area contributed by atoms with Crippen LogP contribution in [0.3, 0.4) is 0 Å². The van der Waals surface area contributed by atoms with E-state index in [1.54, 1.807) is 11.8 Å². The predicted octanol–water partition coefficient (Wildman–Crippen LogP) is -8.15. The predicted molar refractivity (Wildman–Crippen MR) is 198 cm³/mol. The van der Waals surface area contributed by atoms with Crippen molar-refractivity contribution in [2.24, 2.45) is 0 Å². The summed E-state index contributed by atoms with van der Waals surface area (Å²) < 4.78 is 0. The number of nitrogens with one attached hydrogen (secondary N) is 10. The molecule has 25 heteroatoms. The molecular formula is C32H54N10O14S. The second-order valence-electron chi connectivity index (χ2n) is 13.2. The van der Waals surface area contributed by atoms with E-state index < -0.39 is 123 Å². The van der Waals surface area contributed by atoms with Crippen molar-refractivity contribution in [1.82, 2.24) is 53.2 Å². The molecule has 0 spiro atoms. The van der Waals surface area contributed by atoms with Crippen molar-refractivity contribution in [3.05, 3.63) is 0 Å². The number of rotatable bonds is 24. The smallest absolute Gasteiger partial charge is 0.315 e. The fraction of sp³-hybridized carbons (Fsp3) is 0.719. The van der Waals surface area contributed by atoms with Crippen LogP contribution in [0.25, 0.3) is 0 Å². The highest BCUT2D eigenvalue weighted by atomic mass is 32.2. The van der Waals surface area contributed by atoms with Crippen LogP contribution in [-0.2, 0) is 38.4 Å². The molecule has 2 saturated heterocycles. The zero-order valence-electron chi connectivity index (χ0n) is 31.7. The minimum atomic E-state index is -1.81. The number of carbonyl (C=O) groups excluding carboxylic acids is 9. The summed E-state index contributed by atoms with van der Waals surface area (Å²) in [4.78, 5) is 112. The molecule has 24 nitrogen and oxygen atoms in total. The van der Waals surface area contributed by atoms with Gasteiger partial charge in [0.1, 0.15) is 36.3 Å². The van der Waals surface area contributed by atoms with Crippen molar-refractivity contribution < 1.29 is 68.7 Å². The lowest BCUT2D eigenvalue weighted by atomic mass is 10.0. The zero-order valence-corrected chi connectivity index (χ0v) is 32.5. The number of unbranched alkanes of at least 4 members (excludes halogenated alkanes) is 1. The fourth-order valence-electron chi connectivity index (χ4n) is 5.57. The number of thioether (sulfide) groups is 1. The summed E-state index contributed by atoms with van der Waals surface area (Å²) >= 11 is 1.74. The number of hydrogen-bond donors (Lipinski definition) is 15. The highest BCUT2D eigenvalue weighted by Crippen LogP contribution is 2.33. The molecule has 0 aromatic rings. The van der Waals surface area contributed by atoms with Gasteiger partial charge in [0.2, 0.25) is 47.3 Å². The van der Waals surface area contributed by atoms with Crippen LogP contribution in [0.2, 0.25) is 0 Å². The lowest BCUT2D eigenvalue weighted by molar-refractivity contribution is -0.137. The molecule has 15 N–H and O–H groups in total. The number of fused-ring (bicyclic) bond motifs is 1. The monoisotopic (exact) mass is 834 g/mol. The number of carbonyl (C=O) groups is 9. The summed E-state index contributed by atoms with van der Waals surface area (Å²) in [6.45, 7) is -2.00. The third-order valence-electron chi connectivity index (χ3n) is 8.88. The molecule has 2 heterocycles. The second-order valence-corrected chi connectivity index (χ2v) is 14.5. The van der Waals surface area contributed by atoms with Crippen LogP contribution in [0, 0.1) is 0 Å². The van der Waals surface area contributed by atoms with E-state index in [2.05, 4.69) is 47.9 Å². The van der Waals surface area contributed by atoms with Gasteiger partial charge in [-0.15, -0.1) is 0 Å². The van der Waals surface area contributed by atoms with Crippen molar-refractivity contribution in [1.29, 1.82) is 0 Å². The molecule has 2 fully saturated rings. The number of aliphatic hydroxyl groups excluding tert-OH is 5. The summed E-state index contributed by atoms with van der Waals surface area (Å²) in [6, 6.07) is -9.83. The van der Waals surface area contributed by atoms with Crippen molar-refractivity contribution in [3.63, 3.8) is 0 Å². The van der Waals surface area contributed by atoms with E-state index in [0.29, 0.717) is 12.8 Å². The molecular weight excluding hydrogens is 780 g/mol. The van der Waals surface area contributed by atoms with Crippen molar-refractivity contribution in [2.45, 2.75) is 99.2 Å². The molecule has 0 bridgehead atoms. The van der Waals surface area contributed by atoms with E-state index >= 15 is 0 Å². The van der Waals surface area contributed by atoms with E-state index in [4.69, 9.17) is 0 Å². The first-order valence-electron chi connectivity index (χ1n) is 18.1. The first-order chi connectivity index (χ1) is 27.0. The number of urea groups is 1.